The second kappa shape index (κ2) is 6.03. The monoisotopic (exact) mass is 328 g/mol. The molecule has 0 spiro atoms. The standard InChI is InChI=1S/C17H24N6O/c1-11(2)23-10-18-21-16(23)13-5-7-22(8-6-13)17(24)15-9-14(19-20-15)12-3-4-12/h9-13H,3-8H2,1-2H3,(H,19,20). The van der Waals surface area contributed by atoms with E-state index >= 15 is 0 Å². The summed E-state index contributed by atoms with van der Waals surface area (Å²) in [6.45, 7) is 5.78. The molecular weight excluding hydrogens is 304 g/mol. The van der Waals surface area contributed by atoms with E-state index in [2.05, 4.69) is 38.8 Å². The van der Waals surface area contributed by atoms with Gasteiger partial charge in [-0.2, -0.15) is 5.10 Å². The van der Waals surface area contributed by atoms with E-state index in [0.29, 0.717) is 23.6 Å². The Morgan fingerprint density at radius 3 is 2.62 bits per heavy atom. The Hall–Kier alpha value is -2.18. The van der Waals surface area contributed by atoms with Crippen LogP contribution in [0, 0.1) is 0 Å². The molecule has 1 N–H and O–H groups in total. The summed E-state index contributed by atoms with van der Waals surface area (Å²) in [4.78, 5) is 14.6. The average molecular weight is 328 g/mol. The molecule has 4 rings (SSSR count). The molecule has 2 fully saturated rings. The van der Waals surface area contributed by atoms with Crippen LogP contribution >= 0.6 is 0 Å². The summed E-state index contributed by atoms with van der Waals surface area (Å²) in [6.07, 6.45) is 6.07. The third-order valence-electron chi connectivity index (χ3n) is 5.14. The van der Waals surface area contributed by atoms with Crippen molar-refractivity contribution in [1.82, 2.24) is 29.9 Å². The number of aromatic nitrogens is 5. The number of likely N-dealkylation sites (tertiary alicyclic amines) is 1. The molecule has 1 aliphatic carbocycles. The normalized spacial score (nSPS) is 19.2. The fourth-order valence-corrected chi connectivity index (χ4v) is 3.49. The molecule has 24 heavy (non-hydrogen) atoms. The zero-order valence-corrected chi connectivity index (χ0v) is 14.3. The largest absolute Gasteiger partial charge is 0.337 e. The summed E-state index contributed by atoms with van der Waals surface area (Å²) in [7, 11) is 0. The number of rotatable bonds is 4. The van der Waals surface area contributed by atoms with Gasteiger partial charge in [-0.05, 0) is 45.6 Å². The Balaban J connectivity index is 1.40. The first-order chi connectivity index (χ1) is 11.6. The highest BCUT2D eigenvalue weighted by molar-refractivity contribution is 5.92. The van der Waals surface area contributed by atoms with Gasteiger partial charge < -0.3 is 9.47 Å². The van der Waals surface area contributed by atoms with Crippen LogP contribution in [0.15, 0.2) is 12.4 Å². The maximum atomic E-state index is 12.6. The third-order valence-corrected chi connectivity index (χ3v) is 5.14. The van der Waals surface area contributed by atoms with E-state index in [1.165, 1.54) is 12.8 Å². The Kier molecular flexibility index (Phi) is 3.86. The smallest absolute Gasteiger partial charge is 0.274 e. The molecule has 128 valence electrons. The van der Waals surface area contributed by atoms with Crippen LogP contribution < -0.4 is 0 Å². The highest BCUT2D eigenvalue weighted by atomic mass is 16.2. The van der Waals surface area contributed by atoms with E-state index in [-0.39, 0.29) is 5.91 Å². The van der Waals surface area contributed by atoms with Crippen molar-refractivity contribution in [2.75, 3.05) is 13.1 Å². The maximum Gasteiger partial charge on any atom is 0.274 e. The lowest BCUT2D eigenvalue weighted by Gasteiger charge is -2.31. The number of hydrogen-bond acceptors (Lipinski definition) is 4. The van der Waals surface area contributed by atoms with Crippen molar-refractivity contribution in [3.63, 3.8) is 0 Å². The summed E-state index contributed by atoms with van der Waals surface area (Å²) in [5.41, 5.74) is 1.67. The van der Waals surface area contributed by atoms with Gasteiger partial charge in [-0.3, -0.25) is 9.89 Å². The van der Waals surface area contributed by atoms with Crippen molar-refractivity contribution in [2.45, 2.75) is 57.4 Å². The number of nitrogens with one attached hydrogen (secondary N) is 1. The highest BCUT2D eigenvalue weighted by Crippen LogP contribution is 2.39. The van der Waals surface area contributed by atoms with Crippen molar-refractivity contribution in [3.8, 4) is 0 Å². The molecule has 1 saturated heterocycles. The Morgan fingerprint density at radius 1 is 1.21 bits per heavy atom. The molecule has 1 aliphatic heterocycles. The molecule has 2 aromatic rings. The molecule has 0 bridgehead atoms. The Morgan fingerprint density at radius 2 is 1.96 bits per heavy atom. The molecule has 1 amide bonds. The van der Waals surface area contributed by atoms with Crippen molar-refractivity contribution in [1.29, 1.82) is 0 Å². The van der Waals surface area contributed by atoms with Gasteiger partial charge in [0.25, 0.3) is 5.91 Å². The van der Waals surface area contributed by atoms with Gasteiger partial charge >= 0.3 is 0 Å². The molecule has 0 radical (unpaired) electrons. The SMILES string of the molecule is CC(C)n1cnnc1C1CCN(C(=O)c2cc(C3CC3)[nH]n2)CC1. The van der Waals surface area contributed by atoms with Crippen molar-refractivity contribution < 1.29 is 4.79 Å². The first kappa shape index (κ1) is 15.4. The molecule has 7 heteroatoms. The van der Waals surface area contributed by atoms with Crippen LogP contribution in [0.4, 0.5) is 0 Å². The van der Waals surface area contributed by atoms with E-state index in [9.17, 15) is 4.79 Å². The second-order valence-electron chi connectivity index (χ2n) is 7.24. The quantitative estimate of drug-likeness (QED) is 0.935. The topological polar surface area (TPSA) is 79.7 Å². The molecule has 0 unspecified atom stereocenters. The van der Waals surface area contributed by atoms with Crippen LogP contribution in [-0.4, -0.2) is 48.9 Å². The molecule has 2 aliphatic rings. The van der Waals surface area contributed by atoms with E-state index in [1.54, 1.807) is 6.33 Å². The van der Waals surface area contributed by atoms with Gasteiger partial charge in [-0.15, -0.1) is 10.2 Å². The number of hydrogen-bond donors (Lipinski definition) is 1. The summed E-state index contributed by atoms with van der Waals surface area (Å²) in [6, 6.07) is 2.29. The number of amides is 1. The lowest BCUT2D eigenvalue weighted by atomic mass is 9.95. The highest BCUT2D eigenvalue weighted by Gasteiger charge is 2.30. The van der Waals surface area contributed by atoms with Crippen LogP contribution in [0.2, 0.25) is 0 Å². The van der Waals surface area contributed by atoms with Gasteiger partial charge in [-0.25, -0.2) is 0 Å². The first-order valence-electron chi connectivity index (χ1n) is 8.87. The predicted octanol–water partition coefficient (Wildman–Crippen LogP) is 2.48. The molecular formula is C17H24N6O. The van der Waals surface area contributed by atoms with Crippen LogP contribution in [0.25, 0.3) is 0 Å². The van der Waals surface area contributed by atoms with Crippen molar-refractivity contribution in [3.05, 3.63) is 29.6 Å². The minimum atomic E-state index is 0.0435. The van der Waals surface area contributed by atoms with Crippen LogP contribution in [0.5, 0.6) is 0 Å². The molecule has 3 heterocycles. The van der Waals surface area contributed by atoms with E-state index in [4.69, 9.17) is 0 Å². The van der Waals surface area contributed by atoms with Gasteiger partial charge in [0.15, 0.2) is 0 Å². The summed E-state index contributed by atoms with van der Waals surface area (Å²) < 4.78 is 2.14. The molecule has 0 atom stereocenters. The minimum absolute atomic E-state index is 0.0435. The predicted molar refractivity (Wildman–Crippen MR) is 88.8 cm³/mol. The zero-order valence-electron chi connectivity index (χ0n) is 14.3. The molecule has 2 aromatic heterocycles. The van der Waals surface area contributed by atoms with Gasteiger partial charge in [0.1, 0.15) is 17.8 Å². The number of carbonyl (C=O) groups excluding carboxylic acids is 1. The first-order valence-corrected chi connectivity index (χ1v) is 8.87. The van der Waals surface area contributed by atoms with Crippen LogP contribution in [0.3, 0.4) is 0 Å². The summed E-state index contributed by atoms with van der Waals surface area (Å²) in [5.74, 6) is 2.06. The number of nitrogens with zero attached hydrogens (tertiary/aromatic N) is 5. The van der Waals surface area contributed by atoms with E-state index in [1.807, 2.05) is 11.0 Å². The summed E-state index contributed by atoms with van der Waals surface area (Å²) >= 11 is 0. The van der Waals surface area contributed by atoms with Crippen LogP contribution in [-0.2, 0) is 0 Å². The van der Waals surface area contributed by atoms with Crippen molar-refractivity contribution >= 4 is 5.91 Å². The van der Waals surface area contributed by atoms with Gasteiger partial charge in [0, 0.05) is 36.7 Å². The van der Waals surface area contributed by atoms with E-state index in [0.717, 1.165) is 37.4 Å². The number of aromatic amines is 1. The maximum absolute atomic E-state index is 12.6. The molecule has 7 nitrogen and oxygen atoms in total. The Bertz CT molecular complexity index is 721. The van der Waals surface area contributed by atoms with Crippen LogP contribution in [0.1, 0.15) is 79.4 Å². The number of piperidine rings is 1. The van der Waals surface area contributed by atoms with Gasteiger partial charge in [-0.1, -0.05) is 0 Å². The third kappa shape index (κ3) is 2.83. The number of H-pyrrole nitrogens is 1. The minimum Gasteiger partial charge on any atom is -0.337 e. The zero-order chi connectivity index (χ0) is 16.7. The lowest BCUT2D eigenvalue weighted by Crippen LogP contribution is -2.38. The average Bonchev–Trinajstić information content (AvgIpc) is 3.13. The van der Waals surface area contributed by atoms with Gasteiger partial charge in [0.2, 0.25) is 0 Å². The number of carbonyl (C=O) groups is 1. The fourth-order valence-electron chi connectivity index (χ4n) is 3.49. The lowest BCUT2D eigenvalue weighted by molar-refractivity contribution is 0.0704. The second-order valence-corrected chi connectivity index (χ2v) is 7.24. The molecule has 0 aromatic carbocycles. The molecule has 1 saturated carbocycles. The van der Waals surface area contributed by atoms with Gasteiger partial charge in [0.05, 0.1) is 0 Å². The van der Waals surface area contributed by atoms with Crippen molar-refractivity contribution in [2.24, 2.45) is 0 Å². The fraction of sp³-hybridized carbons (Fsp3) is 0.647. The summed E-state index contributed by atoms with van der Waals surface area (Å²) in [5, 5.41) is 15.6. The van der Waals surface area contributed by atoms with E-state index < -0.39 is 0 Å². The Labute approximate surface area is 141 Å².